The maximum absolute atomic E-state index is 5.97. The molecular formula is C12H18N2O2. The lowest BCUT2D eigenvalue weighted by Gasteiger charge is -2.30. The third kappa shape index (κ3) is 2.65. The normalized spacial score (nSPS) is 25.1. The van der Waals surface area contributed by atoms with E-state index in [0.717, 1.165) is 24.5 Å². The summed E-state index contributed by atoms with van der Waals surface area (Å²) in [6, 6.07) is 8.24. The van der Waals surface area contributed by atoms with Crippen molar-refractivity contribution < 1.29 is 9.47 Å². The Kier molecular flexibility index (Phi) is 3.64. The van der Waals surface area contributed by atoms with Crippen LogP contribution >= 0.6 is 0 Å². The summed E-state index contributed by atoms with van der Waals surface area (Å²) in [6.07, 6.45) is 0.952. The molecular weight excluding hydrogens is 204 g/mol. The van der Waals surface area contributed by atoms with E-state index in [1.54, 1.807) is 7.11 Å². The van der Waals surface area contributed by atoms with E-state index in [0.29, 0.717) is 12.6 Å². The van der Waals surface area contributed by atoms with Gasteiger partial charge in [-0.1, -0.05) is 0 Å². The summed E-state index contributed by atoms with van der Waals surface area (Å²) in [5, 5.41) is 3.42. The molecule has 4 heteroatoms. The van der Waals surface area contributed by atoms with Crippen LogP contribution in [-0.2, 0) is 4.74 Å². The van der Waals surface area contributed by atoms with Gasteiger partial charge in [-0.25, -0.2) is 0 Å². The summed E-state index contributed by atoms with van der Waals surface area (Å²) < 4.78 is 10.4. The van der Waals surface area contributed by atoms with E-state index in [-0.39, 0.29) is 6.04 Å². The number of anilines is 1. The molecule has 0 amide bonds. The summed E-state index contributed by atoms with van der Waals surface area (Å²) in [5.74, 6) is 0.863. The summed E-state index contributed by atoms with van der Waals surface area (Å²) in [4.78, 5) is 0. The first-order valence-electron chi connectivity index (χ1n) is 5.53. The summed E-state index contributed by atoms with van der Waals surface area (Å²) in [6.45, 7) is 1.41. The minimum atomic E-state index is 0.0656. The highest BCUT2D eigenvalue weighted by atomic mass is 16.5. The standard InChI is InChI=1S/C12H18N2O2/c1-15-10-4-2-9(3-5-10)14-12-6-7-16-8-11(12)13/h2-5,11-12,14H,6-8,13H2,1H3. The molecule has 1 aromatic carbocycles. The van der Waals surface area contributed by atoms with E-state index in [4.69, 9.17) is 15.2 Å². The van der Waals surface area contributed by atoms with Gasteiger partial charge in [0.1, 0.15) is 5.75 Å². The first-order chi connectivity index (χ1) is 7.79. The first kappa shape index (κ1) is 11.2. The number of methoxy groups -OCH3 is 1. The van der Waals surface area contributed by atoms with Crippen molar-refractivity contribution in [2.45, 2.75) is 18.5 Å². The van der Waals surface area contributed by atoms with Gasteiger partial charge in [-0.05, 0) is 30.7 Å². The molecule has 4 nitrogen and oxygen atoms in total. The van der Waals surface area contributed by atoms with Crippen molar-refractivity contribution in [3.8, 4) is 5.75 Å². The Morgan fingerprint density at radius 3 is 2.75 bits per heavy atom. The highest BCUT2D eigenvalue weighted by Crippen LogP contribution is 2.18. The van der Waals surface area contributed by atoms with Gasteiger partial charge in [0, 0.05) is 24.4 Å². The molecule has 88 valence electrons. The molecule has 0 saturated carbocycles. The fraction of sp³-hybridized carbons (Fsp3) is 0.500. The molecule has 0 aromatic heterocycles. The Labute approximate surface area is 95.7 Å². The lowest BCUT2D eigenvalue weighted by molar-refractivity contribution is 0.0752. The molecule has 0 aliphatic carbocycles. The number of hydrogen-bond acceptors (Lipinski definition) is 4. The molecule has 1 fully saturated rings. The zero-order valence-corrected chi connectivity index (χ0v) is 9.48. The molecule has 1 aliphatic heterocycles. The molecule has 1 aliphatic rings. The van der Waals surface area contributed by atoms with E-state index in [1.807, 2.05) is 24.3 Å². The van der Waals surface area contributed by atoms with E-state index in [9.17, 15) is 0 Å². The summed E-state index contributed by atoms with van der Waals surface area (Å²) in [7, 11) is 1.66. The Hall–Kier alpha value is -1.26. The number of nitrogens with one attached hydrogen (secondary N) is 1. The van der Waals surface area contributed by atoms with Gasteiger partial charge in [0.25, 0.3) is 0 Å². The van der Waals surface area contributed by atoms with Gasteiger partial charge in [-0.3, -0.25) is 0 Å². The van der Waals surface area contributed by atoms with Gasteiger partial charge in [0.15, 0.2) is 0 Å². The number of benzene rings is 1. The fourth-order valence-corrected chi connectivity index (χ4v) is 1.84. The molecule has 1 saturated heterocycles. The van der Waals surface area contributed by atoms with Crippen LogP contribution in [-0.4, -0.2) is 32.4 Å². The van der Waals surface area contributed by atoms with Crippen LogP contribution in [0.25, 0.3) is 0 Å². The molecule has 0 spiro atoms. The molecule has 3 N–H and O–H groups in total. The van der Waals surface area contributed by atoms with Crippen molar-refractivity contribution in [2.75, 3.05) is 25.6 Å². The van der Waals surface area contributed by atoms with Crippen LogP contribution in [0.15, 0.2) is 24.3 Å². The Bertz CT molecular complexity index is 326. The van der Waals surface area contributed by atoms with Crippen molar-refractivity contribution in [3.63, 3.8) is 0 Å². The van der Waals surface area contributed by atoms with Crippen LogP contribution in [0.2, 0.25) is 0 Å². The van der Waals surface area contributed by atoms with E-state index in [2.05, 4.69) is 5.32 Å². The largest absolute Gasteiger partial charge is 0.497 e. The zero-order valence-electron chi connectivity index (χ0n) is 9.48. The zero-order chi connectivity index (χ0) is 11.4. The van der Waals surface area contributed by atoms with E-state index >= 15 is 0 Å². The molecule has 1 heterocycles. The van der Waals surface area contributed by atoms with Crippen LogP contribution < -0.4 is 15.8 Å². The van der Waals surface area contributed by atoms with Crippen molar-refractivity contribution in [2.24, 2.45) is 5.73 Å². The topological polar surface area (TPSA) is 56.5 Å². The number of rotatable bonds is 3. The third-order valence-electron chi connectivity index (χ3n) is 2.84. The van der Waals surface area contributed by atoms with Gasteiger partial charge < -0.3 is 20.5 Å². The minimum absolute atomic E-state index is 0.0656. The van der Waals surface area contributed by atoms with E-state index < -0.39 is 0 Å². The smallest absolute Gasteiger partial charge is 0.119 e. The maximum Gasteiger partial charge on any atom is 0.119 e. The quantitative estimate of drug-likeness (QED) is 0.807. The number of hydrogen-bond donors (Lipinski definition) is 2. The van der Waals surface area contributed by atoms with Gasteiger partial charge in [-0.2, -0.15) is 0 Å². The maximum atomic E-state index is 5.97. The highest BCUT2D eigenvalue weighted by molar-refractivity contribution is 5.47. The molecule has 2 unspecified atom stereocenters. The molecule has 1 aromatic rings. The second kappa shape index (κ2) is 5.18. The lowest BCUT2D eigenvalue weighted by atomic mass is 10.0. The average molecular weight is 222 g/mol. The van der Waals surface area contributed by atoms with Crippen LogP contribution in [0, 0.1) is 0 Å². The average Bonchev–Trinajstić information content (AvgIpc) is 2.33. The molecule has 16 heavy (non-hydrogen) atoms. The molecule has 2 atom stereocenters. The fourth-order valence-electron chi connectivity index (χ4n) is 1.84. The van der Waals surface area contributed by atoms with Crippen molar-refractivity contribution in [3.05, 3.63) is 24.3 Å². The summed E-state index contributed by atoms with van der Waals surface area (Å²) in [5.41, 5.74) is 7.04. The highest BCUT2D eigenvalue weighted by Gasteiger charge is 2.21. The Morgan fingerprint density at radius 1 is 1.38 bits per heavy atom. The second-order valence-electron chi connectivity index (χ2n) is 4.01. The predicted molar refractivity (Wildman–Crippen MR) is 63.8 cm³/mol. The number of nitrogens with two attached hydrogens (primary N) is 1. The molecule has 0 radical (unpaired) electrons. The van der Waals surface area contributed by atoms with Crippen molar-refractivity contribution in [1.29, 1.82) is 0 Å². The molecule has 0 bridgehead atoms. The van der Waals surface area contributed by atoms with Crippen LogP contribution in [0.5, 0.6) is 5.75 Å². The molecule has 2 rings (SSSR count). The minimum Gasteiger partial charge on any atom is -0.497 e. The number of ether oxygens (including phenoxy) is 2. The van der Waals surface area contributed by atoms with Gasteiger partial charge in [0.05, 0.1) is 13.7 Å². The lowest BCUT2D eigenvalue weighted by Crippen LogP contribution is -2.47. The van der Waals surface area contributed by atoms with Gasteiger partial charge in [-0.15, -0.1) is 0 Å². The van der Waals surface area contributed by atoms with Gasteiger partial charge in [0.2, 0.25) is 0 Å². The monoisotopic (exact) mass is 222 g/mol. The predicted octanol–water partition coefficient (Wildman–Crippen LogP) is 1.22. The first-order valence-corrected chi connectivity index (χ1v) is 5.53. The Morgan fingerprint density at radius 2 is 2.12 bits per heavy atom. The SMILES string of the molecule is COc1ccc(NC2CCOCC2N)cc1. The summed E-state index contributed by atoms with van der Waals surface area (Å²) >= 11 is 0. The van der Waals surface area contributed by atoms with Crippen LogP contribution in [0.1, 0.15) is 6.42 Å². The van der Waals surface area contributed by atoms with Crippen molar-refractivity contribution >= 4 is 5.69 Å². The van der Waals surface area contributed by atoms with Crippen LogP contribution in [0.3, 0.4) is 0 Å². The Balaban J connectivity index is 1.96. The third-order valence-corrected chi connectivity index (χ3v) is 2.84. The van der Waals surface area contributed by atoms with Gasteiger partial charge >= 0.3 is 0 Å². The van der Waals surface area contributed by atoms with Crippen LogP contribution in [0.4, 0.5) is 5.69 Å². The van der Waals surface area contributed by atoms with Crippen molar-refractivity contribution in [1.82, 2.24) is 0 Å². The second-order valence-corrected chi connectivity index (χ2v) is 4.01. The van der Waals surface area contributed by atoms with E-state index in [1.165, 1.54) is 0 Å².